The summed E-state index contributed by atoms with van der Waals surface area (Å²) in [5, 5.41) is 2.87. The second kappa shape index (κ2) is 8.27. The molecule has 0 aliphatic heterocycles. The first kappa shape index (κ1) is 17.0. The minimum atomic E-state index is -0.103. The van der Waals surface area contributed by atoms with Gasteiger partial charge in [-0.1, -0.05) is 22.9 Å². The molecular weight excluding hydrogens is 320 g/mol. The van der Waals surface area contributed by atoms with Gasteiger partial charge in [0.1, 0.15) is 5.75 Å². The van der Waals surface area contributed by atoms with Gasteiger partial charge < -0.3 is 15.8 Å². The van der Waals surface area contributed by atoms with Crippen LogP contribution < -0.4 is 15.8 Å². The van der Waals surface area contributed by atoms with E-state index < -0.39 is 0 Å². The number of hydrogen-bond acceptors (Lipinski definition) is 3. The van der Waals surface area contributed by atoms with Gasteiger partial charge in [-0.2, -0.15) is 0 Å². The fourth-order valence-electron chi connectivity index (χ4n) is 1.76. The van der Waals surface area contributed by atoms with Crippen LogP contribution in [0.1, 0.15) is 32.8 Å². The molecule has 0 aliphatic rings. The summed E-state index contributed by atoms with van der Waals surface area (Å²) in [6.07, 6.45) is 1.61. The molecule has 0 aliphatic carbocycles. The topological polar surface area (TPSA) is 64.3 Å². The first-order valence-electron chi connectivity index (χ1n) is 6.88. The summed E-state index contributed by atoms with van der Waals surface area (Å²) in [5.41, 5.74) is 6.84. The van der Waals surface area contributed by atoms with Crippen LogP contribution in [0.5, 0.6) is 5.75 Å². The van der Waals surface area contributed by atoms with Crippen LogP contribution in [-0.2, 0) is 11.2 Å². The fraction of sp³-hybridized carbons (Fsp3) is 0.533. The van der Waals surface area contributed by atoms with Crippen LogP contribution in [0.25, 0.3) is 0 Å². The minimum absolute atomic E-state index is 0.0257. The Bertz CT molecular complexity index is 449. The Kier molecular flexibility index (Phi) is 7.02. The van der Waals surface area contributed by atoms with E-state index in [0.29, 0.717) is 12.2 Å². The number of benzene rings is 1. The SMILES string of the molecule is CCC(C)NC(=O)COc1ccc(Br)cc1CC(C)N. The van der Waals surface area contributed by atoms with Gasteiger partial charge in [0, 0.05) is 16.6 Å². The van der Waals surface area contributed by atoms with Gasteiger partial charge in [0.2, 0.25) is 0 Å². The van der Waals surface area contributed by atoms with Crippen LogP contribution in [0.3, 0.4) is 0 Å². The lowest BCUT2D eigenvalue weighted by Gasteiger charge is -2.15. The smallest absolute Gasteiger partial charge is 0.258 e. The van der Waals surface area contributed by atoms with E-state index in [1.54, 1.807) is 0 Å². The molecule has 4 nitrogen and oxygen atoms in total. The van der Waals surface area contributed by atoms with Gasteiger partial charge >= 0.3 is 0 Å². The number of nitrogens with one attached hydrogen (secondary N) is 1. The molecule has 0 spiro atoms. The van der Waals surface area contributed by atoms with Crippen molar-refractivity contribution in [2.45, 2.75) is 45.7 Å². The van der Waals surface area contributed by atoms with E-state index in [-0.39, 0.29) is 24.6 Å². The van der Waals surface area contributed by atoms with Crippen molar-refractivity contribution >= 4 is 21.8 Å². The van der Waals surface area contributed by atoms with Crippen LogP contribution in [0, 0.1) is 0 Å². The number of ether oxygens (including phenoxy) is 1. The van der Waals surface area contributed by atoms with Gasteiger partial charge in [0.05, 0.1) is 0 Å². The van der Waals surface area contributed by atoms with Crippen molar-refractivity contribution < 1.29 is 9.53 Å². The van der Waals surface area contributed by atoms with Crippen LogP contribution in [-0.4, -0.2) is 24.6 Å². The van der Waals surface area contributed by atoms with Crippen molar-refractivity contribution in [3.8, 4) is 5.75 Å². The van der Waals surface area contributed by atoms with Crippen molar-refractivity contribution in [1.82, 2.24) is 5.32 Å². The molecule has 1 aromatic carbocycles. The normalized spacial score (nSPS) is 13.7. The maximum absolute atomic E-state index is 11.7. The molecule has 0 aromatic heterocycles. The zero-order chi connectivity index (χ0) is 15.1. The molecule has 2 unspecified atom stereocenters. The number of halogens is 1. The van der Waals surface area contributed by atoms with E-state index in [4.69, 9.17) is 10.5 Å². The maximum atomic E-state index is 11.7. The predicted molar refractivity (Wildman–Crippen MR) is 84.9 cm³/mol. The van der Waals surface area contributed by atoms with Crippen molar-refractivity contribution in [1.29, 1.82) is 0 Å². The Morgan fingerprint density at radius 3 is 2.75 bits per heavy atom. The quantitative estimate of drug-likeness (QED) is 0.800. The monoisotopic (exact) mass is 342 g/mol. The largest absolute Gasteiger partial charge is 0.483 e. The van der Waals surface area contributed by atoms with E-state index in [0.717, 1.165) is 16.5 Å². The average molecular weight is 343 g/mol. The van der Waals surface area contributed by atoms with E-state index in [2.05, 4.69) is 21.2 Å². The highest BCUT2D eigenvalue weighted by molar-refractivity contribution is 9.10. The van der Waals surface area contributed by atoms with Gasteiger partial charge in [-0.05, 0) is 50.5 Å². The van der Waals surface area contributed by atoms with E-state index >= 15 is 0 Å². The van der Waals surface area contributed by atoms with Crippen LogP contribution in [0.2, 0.25) is 0 Å². The molecule has 0 radical (unpaired) electrons. The van der Waals surface area contributed by atoms with Gasteiger partial charge in [0.25, 0.3) is 5.91 Å². The molecule has 112 valence electrons. The molecular formula is C15H23BrN2O2. The van der Waals surface area contributed by atoms with E-state index in [1.807, 2.05) is 39.0 Å². The zero-order valence-corrected chi connectivity index (χ0v) is 13.9. The van der Waals surface area contributed by atoms with Crippen molar-refractivity contribution in [2.75, 3.05) is 6.61 Å². The third-order valence-electron chi connectivity index (χ3n) is 2.94. The van der Waals surface area contributed by atoms with Gasteiger partial charge in [0.15, 0.2) is 6.61 Å². The first-order valence-corrected chi connectivity index (χ1v) is 7.67. The Balaban J connectivity index is 2.65. The van der Waals surface area contributed by atoms with Crippen LogP contribution in [0.15, 0.2) is 22.7 Å². The molecule has 3 N–H and O–H groups in total. The Labute approximate surface area is 129 Å². The number of nitrogens with two attached hydrogens (primary N) is 1. The Morgan fingerprint density at radius 1 is 1.45 bits per heavy atom. The van der Waals surface area contributed by atoms with E-state index in [9.17, 15) is 4.79 Å². The molecule has 0 bridgehead atoms. The highest BCUT2D eigenvalue weighted by Gasteiger charge is 2.10. The van der Waals surface area contributed by atoms with Crippen LogP contribution >= 0.6 is 15.9 Å². The molecule has 0 heterocycles. The fourth-order valence-corrected chi connectivity index (χ4v) is 2.17. The molecule has 1 rings (SSSR count). The third kappa shape index (κ3) is 5.92. The number of carbonyl (C=O) groups is 1. The first-order chi connectivity index (χ1) is 9.42. The number of hydrogen-bond donors (Lipinski definition) is 2. The average Bonchev–Trinajstić information content (AvgIpc) is 2.37. The molecule has 1 amide bonds. The molecule has 20 heavy (non-hydrogen) atoms. The lowest BCUT2D eigenvalue weighted by Crippen LogP contribution is -2.35. The second-order valence-corrected chi connectivity index (χ2v) is 6.01. The summed E-state index contributed by atoms with van der Waals surface area (Å²) < 4.78 is 6.59. The van der Waals surface area contributed by atoms with Crippen LogP contribution in [0.4, 0.5) is 0 Å². The van der Waals surface area contributed by atoms with Crippen molar-refractivity contribution in [2.24, 2.45) is 5.73 Å². The van der Waals surface area contributed by atoms with Crippen molar-refractivity contribution in [3.63, 3.8) is 0 Å². The zero-order valence-electron chi connectivity index (χ0n) is 12.3. The number of rotatable bonds is 7. The third-order valence-corrected chi connectivity index (χ3v) is 3.44. The highest BCUT2D eigenvalue weighted by Crippen LogP contribution is 2.24. The highest BCUT2D eigenvalue weighted by atomic mass is 79.9. The molecule has 1 aromatic rings. The minimum Gasteiger partial charge on any atom is -0.483 e. The number of amides is 1. The predicted octanol–water partition coefficient (Wildman–Crippen LogP) is 2.63. The molecule has 5 heteroatoms. The molecule has 2 atom stereocenters. The van der Waals surface area contributed by atoms with Crippen molar-refractivity contribution in [3.05, 3.63) is 28.2 Å². The second-order valence-electron chi connectivity index (χ2n) is 5.10. The number of carbonyl (C=O) groups excluding carboxylic acids is 1. The lowest BCUT2D eigenvalue weighted by atomic mass is 10.1. The summed E-state index contributed by atoms with van der Waals surface area (Å²) >= 11 is 3.43. The summed E-state index contributed by atoms with van der Waals surface area (Å²) in [5.74, 6) is 0.610. The molecule has 0 saturated carbocycles. The van der Waals surface area contributed by atoms with E-state index in [1.165, 1.54) is 0 Å². The molecule has 0 saturated heterocycles. The molecule has 0 fully saturated rings. The summed E-state index contributed by atoms with van der Waals surface area (Å²) in [6.45, 7) is 5.97. The summed E-state index contributed by atoms with van der Waals surface area (Å²) in [6, 6.07) is 5.94. The van der Waals surface area contributed by atoms with Gasteiger partial charge in [-0.15, -0.1) is 0 Å². The van der Waals surface area contributed by atoms with Gasteiger partial charge in [-0.3, -0.25) is 4.79 Å². The summed E-state index contributed by atoms with van der Waals surface area (Å²) in [4.78, 5) is 11.7. The van der Waals surface area contributed by atoms with Gasteiger partial charge in [-0.25, -0.2) is 0 Å². The lowest BCUT2D eigenvalue weighted by molar-refractivity contribution is -0.123. The Hall–Kier alpha value is -1.07. The Morgan fingerprint density at radius 2 is 2.15 bits per heavy atom. The standard InChI is InChI=1S/C15H23BrN2O2/c1-4-11(3)18-15(19)9-20-14-6-5-13(16)8-12(14)7-10(2)17/h5-6,8,10-11H,4,7,9,17H2,1-3H3,(H,18,19). The maximum Gasteiger partial charge on any atom is 0.258 e. The summed E-state index contributed by atoms with van der Waals surface area (Å²) in [7, 11) is 0.